The quantitative estimate of drug-likeness (QED) is 0.596. The van der Waals surface area contributed by atoms with Gasteiger partial charge in [0, 0.05) is 0 Å². The molecule has 132 valence electrons. The van der Waals surface area contributed by atoms with Gasteiger partial charge in [-0.1, -0.05) is 6.42 Å². The number of guanidine groups is 2. The fraction of sp³-hybridized carbons (Fsp3) is 0.400. The second-order valence-electron chi connectivity index (χ2n) is 5.91. The highest BCUT2D eigenvalue weighted by atomic mass is 19.2. The van der Waals surface area contributed by atoms with Crippen molar-refractivity contribution < 1.29 is 17.6 Å². The number of benzene rings is 1. The van der Waals surface area contributed by atoms with Gasteiger partial charge in [-0.3, -0.25) is 4.90 Å². The van der Waals surface area contributed by atoms with Crippen molar-refractivity contribution in [3.63, 3.8) is 0 Å². The molecule has 6 nitrogen and oxygen atoms in total. The number of hydrogen-bond donors (Lipinski definition) is 2. The molecule has 4 N–H and O–H groups in total. The summed E-state index contributed by atoms with van der Waals surface area (Å²) in [5.74, 6) is -7.64. The van der Waals surface area contributed by atoms with E-state index in [0.717, 1.165) is 17.4 Å². The van der Waals surface area contributed by atoms with Gasteiger partial charge in [0.1, 0.15) is 23.0 Å². The maximum Gasteiger partial charge on any atom is 0.220 e. The molecule has 2 aliphatic rings. The molecule has 1 aromatic carbocycles. The minimum Gasteiger partial charge on any atom is -0.369 e. The molecule has 1 aromatic rings. The van der Waals surface area contributed by atoms with Crippen molar-refractivity contribution in [1.29, 1.82) is 5.26 Å². The molecule has 3 rings (SSSR count). The third kappa shape index (κ3) is 2.47. The molecule has 0 bridgehead atoms. The normalized spacial score (nSPS) is 19.4. The first kappa shape index (κ1) is 17.0. The highest BCUT2D eigenvalue weighted by Gasteiger charge is 2.46. The summed E-state index contributed by atoms with van der Waals surface area (Å²) in [4.78, 5) is 8.70. The number of anilines is 1. The van der Waals surface area contributed by atoms with Crippen LogP contribution in [-0.2, 0) is 0 Å². The molecule has 1 saturated carbocycles. The largest absolute Gasteiger partial charge is 0.369 e. The van der Waals surface area contributed by atoms with E-state index in [9.17, 15) is 17.6 Å². The molecule has 0 radical (unpaired) electrons. The Balaban J connectivity index is 2.27. The zero-order valence-electron chi connectivity index (χ0n) is 13.0. The van der Waals surface area contributed by atoms with Crippen LogP contribution in [0.2, 0.25) is 0 Å². The molecule has 0 aromatic heterocycles. The van der Waals surface area contributed by atoms with Crippen LogP contribution >= 0.6 is 0 Å². The molecular weight excluding hydrogens is 340 g/mol. The highest BCUT2D eigenvalue weighted by Crippen LogP contribution is 2.42. The minimum absolute atomic E-state index is 0.175. The average molecular weight is 354 g/mol. The van der Waals surface area contributed by atoms with Crippen molar-refractivity contribution in [2.45, 2.75) is 37.8 Å². The molecule has 1 aliphatic carbocycles. The van der Waals surface area contributed by atoms with Crippen molar-refractivity contribution in [1.82, 2.24) is 0 Å². The summed E-state index contributed by atoms with van der Waals surface area (Å²) in [6.07, 6.45) is 2.83. The SMILES string of the molecule is N#Cc1c(F)c(F)c(N2C(N)=NC(N)=NC23CCCCC3)c(F)c1F. The highest BCUT2D eigenvalue weighted by molar-refractivity contribution is 6.05. The van der Waals surface area contributed by atoms with E-state index in [1.807, 2.05) is 0 Å². The van der Waals surface area contributed by atoms with Crippen LogP contribution in [0.25, 0.3) is 0 Å². The summed E-state index contributed by atoms with van der Waals surface area (Å²) >= 11 is 0. The Hall–Kier alpha value is -2.83. The second-order valence-corrected chi connectivity index (χ2v) is 5.91. The Labute approximate surface area is 140 Å². The number of nitrogens with zero attached hydrogens (tertiary/aromatic N) is 4. The first-order chi connectivity index (χ1) is 11.8. The Kier molecular flexibility index (Phi) is 4.02. The molecule has 25 heavy (non-hydrogen) atoms. The number of aliphatic imine (C=N–C) groups is 2. The van der Waals surface area contributed by atoms with Crippen molar-refractivity contribution in [3.8, 4) is 6.07 Å². The van der Waals surface area contributed by atoms with E-state index in [4.69, 9.17) is 16.7 Å². The van der Waals surface area contributed by atoms with Gasteiger partial charge >= 0.3 is 0 Å². The lowest BCUT2D eigenvalue weighted by molar-refractivity contribution is 0.299. The van der Waals surface area contributed by atoms with Crippen molar-refractivity contribution in [2.75, 3.05) is 4.90 Å². The van der Waals surface area contributed by atoms with Gasteiger partial charge < -0.3 is 11.5 Å². The van der Waals surface area contributed by atoms with Crippen LogP contribution in [0.15, 0.2) is 9.98 Å². The van der Waals surface area contributed by atoms with Gasteiger partial charge in [-0.15, -0.1) is 0 Å². The van der Waals surface area contributed by atoms with Crippen molar-refractivity contribution in [2.24, 2.45) is 21.5 Å². The van der Waals surface area contributed by atoms with Gasteiger partial charge in [-0.25, -0.2) is 22.6 Å². The van der Waals surface area contributed by atoms with Crippen LogP contribution < -0.4 is 16.4 Å². The molecule has 10 heteroatoms. The molecule has 0 amide bonds. The summed E-state index contributed by atoms with van der Waals surface area (Å²) in [7, 11) is 0. The van der Waals surface area contributed by atoms with Gasteiger partial charge in [0.15, 0.2) is 23.3 Å². The van der Waals surface area contributed by atoms with Crippen LogP contribution in [-0.4, -0.2) is 17.6 Å². The second kappa shape index (κ2) is 5.91. The number of nitrogens with two attached hydrogens (primary N) is 2. The molecular formula is C15H14F4N6. The van der Waals surface area contributed by atoms with Crippen LogP contribution in [0.5, 0.6) is 0 Å². The van der Waals surface area contributed by atoms with E-state index in [0.29, 0.717) is 25.7 Å². The molecule has 1 fully saturated rings. The van der Waals surface area contributed by atoms with Crippen LogP contribution in [0.3, 0.4) is 0 Å². The Morgan fingerprint density at radius 3 is 2.04 bits per heavy atom. The lowest BCUT2D eigenvalue weighted by Gasteiger charge is -2.45. The van der Waals surface area contributed by atoms with Gasteiger partial charge in [-0.2, -0.15) is 10.3 Å². The fourth-order valence-electron chi connectivity index (χ4n) is 3.36. The van der Waals surface area contributed by atoms with E-state index in [1.165, 1.54) is 0 Å². The molecule has 1 spiro atoms. The van der Waals surface area contributed by atoms with Crippen LogP contribution in [0, 0.1) is 34.6 Å². The molecule has 1 aliphatic heterocycles. The summed E-state index contributed by atoms with van der Waals surface area (Å²) in [5.41, 5.74) is 7.74. The van der Waals surface area contributed by atoms with Crippen LogP contribution in [0.1, 0.15) is 37.7 Å². The van der Waals surface area contributed by atoms with E-state index < -0.39 is 46.1 Å². The minimum atomic E-state index is -1.79. The van der Waals surface area contributed by atoms with Gasteiger partial charge in [0.05, 0.1) is 0 Å². The smallest absolute Gasteiger partial charge is 0.220 e. The third-order valence-electron chi connectivity index (χ3n) is 4.43. The Bertz CT molecular complexity index is 806. The predicted molar refractivity (Wildman–Crippen MR) is 82.5 cm³/mol. The van der Waals surface area contributed by atoms with Crippen LogP contribution in [0.4, 0.5) is 23.2 Å². The number of halogens is 4. The Morgan fingerprint density at radius 1 is 0.960 bits per heavy atom. The topological polar surface area (TPSA) is 104 Å². The van der Waals surface area contributed by atoms with Gasteiger partial charge in [0.25, 0.3) is 0 Å². The zero-order chi connectivity index (χ0) is 18.4. The average Bonchev–Trinajstić information content (AvgIpc) is 2.57. The van der Waals surface area contributed by atoms with E-state index in [2.05, 4.69) is 9.98 Å². The monoisotopic (exact) mass is 354 g/mol. The zero-order valence-corrected chi connectivity index (χ0v) is 13.0. The number of nitriles is 1. The summed E-state index contributed by atoms with van der Waals surface area (Å²) in [5, 5.41) is 8.71. The van der Waals surface area contributed by atoms with Gasteiger partial charge in [0.2, 0.25) is 11.9 Å². The lowest BCUT2D eigenvalue weighted by atomic mass is 9.87. The first-order valence-corrected chi connectivity index (χ1v) is 7.58. The van der Waals surface area contributed by atoms with Gasteiger partial charge in [-0.05, 0) is 25.7 Å². The molecule has 1 heterocycles. The molecule has 0 saturated heterocycles. The number of rotatable bonds is 1. The fourth-order valence-corrected chi connectivity index (χ4v) is 3.36. The maximum absolute atomic E-state index is 14.5. The summed E-state index contributed by atoms with van der Waals surface area (Å²) in [6.45, 7) is 0. The number of hydrogen-bond acceptors (Lipinski definition) is 6. The van der Waals surface area contributed by atoms with E-state index in [1.54, 1.807) is 0 Å². The summed E-state index contributed by atoms with van der Waals surface area (Å²) < 4.78 is 57.1. The molecule has 0 atom stereocenters. The summed E-state index contributed by atoms with van der Waals surface area (Å²) in [6, 6.07) is 1.11. The third-order valence-corrected chi connectivity index (χ3v) is 4.43. The van der Waals surface area contributed by atoms with Crippen molar-refractivity contribution >= 4 is 17.6 Å². The van der Waals surface area contributed by atoms with E-state index in [-0.39, 0.29) is 5.96 Å². The van der Waals surface area contributed by atoms with Crippen molar-refractivity contribution in [3.05, 3.63) is 28.8 Å². The maximum atomic E-state index is 14.5. The van der Waals surface area contributed by atoms with E-state index >= 15 is 0 Å². The lowest BCUT2D eigenvalue weighted by Crippen LogP contribution is -2.59. The standard InChI is InChI=1S/C15H14F4N6/c16-8-7(6-20)9(17)11(19)12(10(8)18)25-14(22)23-13(21)24-15(25)4-2-1-3-5-15/h1-5H2,(H4,21,22,23,24). The Morgan fingerprint density at radius 2 is 1.52 bits per heavy atom. The molecule has 0 unspecified atom stereocenters. The predicted octanol–water partition coefficient (Wildman–Crippen LogP) is 2.22. The first-order valence-electron chi connectivity index (χ1n) is 7.58.